The molecule has 0 bridgehead atoms. The first-order valence-electron chi connectivity index (χ1n) is 6.47. The van der Waals surface area contributed by atoms with E-state index in [2.05, 4.69) is 42.3 Å². The van der Waals surface area contributed by atoms with Gasteiger partial charge in [0.2, 0.25) is 0 Å². The summed E-state index contributed by atoms with van der Waals surface area (Å²) in [6.45, 7) is 7.03. The maximum atomic E-state index is 5.79. The zero-order valence-corrected chi connectivity index (χ0v) is 11.6. The number of hydrogen-bond donors (Lipinski definition) is 1. The van der Waals surface area contributed by atoms with Gasteiger partial charge in [0.05, 0.1) is 27.9 Å². The van der Waals surface area contributed by atoms with Gasteiger partial charge in [-0.1, -0.05) is 19.9 Å². The summed E-state index contributed by atoms with van der Waals surface area (Å²) >= 11 is 1.80. The van der Waals surface area contributed by atoms with Gasteiger partial charge in [0.1, 0.15) is 0 Å². The van der Waals surface area contributed by atoms with Crippen LogP contribution in [-0.2, 0) is 4.74 Å². The number of aromatic nitrogens is 1. The van der Waals surface area contributed by atoms with Crippen LogP contribution in [0.15, 0.2) is 18.2 Å². The number of benzene rings is 1. The van der Waals surface area contributed by atoms with E-state index < -0.39 is 0 Å². The molecule has 1 N–H and O–H groups in total. The van der Waals surface area contributed by atoms with E-state index in [9.17, 15) is 0 Å². The Morgan fingerprint density at radius 2 is 2.33 bits per heavy atom. The summed E-state index contributed by atoms with van der Waals surface area (Å²) in [5.74, 6) is 0.499. The first-order chi connectivity index (χ1) is 8.74. The van der Waals surface area contributed by atoms with Crippen molar-refractivity contribution in [3.05, 3.63) is 28.8 Å². The van der Waals surface area contributed by atoms with Crippen LogP contribution in [-0.4, -0.2) is 24.7 Å². The molecular formula is C14H18N2OS. The second-order valence-corrected chi connectivity index (χ2v) is 6.06. The van der Waals surface area contributed by atoms with E-state index in [1.54, 1.807) is 11.3 Å². The highest BCUT2D eigenvalue weighted by atomic mass is 32.1. The molecule has 0 radical (unpaired) electrons. The summed E-state index contributed by atoms with van der Waals surface area (Å²) in [5, 5.41) is 4.58. The molecule has 1 aliphatic rings. The molecule has 18 heavy (non-hydrogen) atoms. The van der Waals surface area contributed by atoms with Gasteiger partial charge in [0.25, 0.3) is 0 Å². The summed E-state index contributed by atoms with van der Waals surface area (Å²) in [7, 11) is 0. The molecule has 2 heterocycles. The molecule has 96 valence electrons. The van der Waals surface area contributed by atoms with E-state index in [-0.39, 0.29) is 6.10 Å². The minimum absolute atomic E-state index is 0.188. The molecule has 1 aromatic carbocycles. The first-order valence-corrected chi connectivity index (χ1v) is 7.28. The second-order valence-electron chi connectivity index (χ2n) is 5.00. The number of fused-ring (bicyclic) bond motifs is 1. The average molecular weight is 262 g/mol. The summed E-state index contributed by atoms with van der Waals surface area (Å²) in [5.41, 5.74) is 2.37. The molecule has 1 aromatic heterocycles. The van der Waals surface area contributed by atoms with Crippen LogP contribution >= 0.6 is 11.3 Å². The Bertz CT molecular complexity index is 544. The Kier molecular flexibility index (Phi) is 3.33. The minimum atomic E-state index is 0.188. The van der Waals surface area contributed by atoms with Crippen molar-refractivity contribution in [2.45, 2.75) is 25.9 Å². The molecule has 1 fully saturated rings. The van der Waals surface area contributed by atoms with E-state index in [4.69, 9.17) is 4.74 Å². The van der Waals surface area contributed by atoms with Gasteiger partial charge in [-0.25, -0.2) is 4.98 Å². The number of nitrogens with zero attached hydrogens (tertiary/aromatic N) is 1. The molecule has 1 saturated heterocycles. The summed E-state index contributed by atoms with van der Waals surface area (Å²) in [6, 6.07) is 6.49. The van der Waals surface area contributed by atoms with E-state index in [1.165, 1.54) is 15.3 Å². The number of rotatable bonds is 2. The Hall–Kier alpha value is -0.970. The van der Waals surface area contributed by atoms with Crippen LogP contribution in [0.4, 0.5) is 0 Å². The lowest BCUT2D eigenvalue weighted by Gasteiger charge is -2.23. The van der Waals surface area contributed by atoms with Crippen molar-refractivity contribution < 1.29 is 4.74 Å². The molecule has 1 unspecified atom stereocenters. The van der Waals surface area contributed by atoms with Gasteiger partial charge in [-0.3, -0.25) is 0 Å². The predicted octanol–water partition coefficient (Wildman–Crippen LogP) is 3.08. The summed E-state index contributed by atoms with van der Waals surface area (Å²) in [6.07, 6.45) is 0.188. The van der Waals surface area contributed by atoms with Gasteiger partial charge in [-0.05, 0) is 17.7 Å². The number of nitrogens with one attached hydrogen (secondary N) is 1. The third-order valence-electron chi connectivity index (χ3n) is 3.22. The maximum Gasteiger partial charge on any atom is 0.0963 e. The highest BCUT2D eigenvalue weighted by molar-refractivity contribution is 7.18. The lowest BCUT2D eigenvalue weighted by atomic mass is 10.1. The number of hydrogen-bond acceptors (Lipinski definition) is 4. The quantitative estimate of drug-likeness (QED) is 0.903. The molecule has 0 spiro atoms. The van der Waals surface area contributed by atoms with Crippen molar-refractivity contribution in [1.29, 1.82) is 0 Å². The Labute approximate surface area is 111 Å². The van der Waals surface area contributed by atoms with Crippen molar-refractivity contribution in [1.82, 2.24) is 10.3 Å². The van der Waals surface area contributed by atoms with Crippen molar-refractivity contribution >= 4 is 21.6 Å². The molecule has 2 aromatic rings. The Morgan fingerprint density at radius 1 is 1.44 bits per heavy atom. The van der Waals surface area contributed by atoms with E-state index in [0.29, 0.717) is 5.92 Å². The average Bonchev–Trinajstić information content (AvgIpc) is 2.82. The standard InChI is InChI=1S/C14H18N2OS/c1-9(2)14-16-11-4-3-10(7-13(11)18-14)12-8-15-5-6-17-12/h3-4,7,9,12,15H,5-6,8H2,1-2H3. The molecule has 1 aliphatic heterocycles. The summed E-state index contributed by atoms with van der Waals surface area (Å²) in [4.78, 5) is 4.66. The fourth-order valence-electron chi connectivity index (χ4n) is 2.19. The van der Waals surface area contributed by atoms with Gasteiger partial charge in [-0.15, -0.1) is 11.3 Å². The molecule has 0 amide bonds. The van der Waals surface area contributed by atoms with E-state index in [1.807, 2.05) is 0 Å². The number of ether oxygens (including phenoxy) is 1. The topological polar surface area (TPSA) is 34.2 Å². The van der Waals surface area contributed by atoms with Crippen LogP contribution in [0.3, 0.4) is 0 Å². The molecule has 1 atom stereocenters. The smallest absolute Gasteiger partial charge is 0.0963 e. The minimum Gasteiger partial charge on any atom is -0.371 e. The first kappa shape index (κ1) is 12.1. The lowest BCUT2D eigenvalue weighted by molar-refractivity contribution is 0.0278. The van der Waals surface area contributed by atoms with Gasteiger partial charge in [0, 0.05) is 19.0 Å². The Morgan fingerprint density at radius 3 is 3.06 bits per heavy atom. The Balaban J connectivity index is 1.94. The van der Waals surface area contributed by atoms with Gasteiger partial charge in [0.15, 0.2) is 0 Å². The largest absolute Gasteiger partial charge is 0.371 e. The van der Waals surface area contributed by atoms with Gasteiger partial charge < -0.3 is 10.1 Å². The van der Waals surface area contributed by atoms with Crippen LogP contribution in [0.1, 0.15) is 36.4 Å². The van der Waals surface area contributed by atoms with Crippen LogP contribution in [0.5, 0.6) is 0 Å². The van der Waals surface area contributed by atoms with Crippen molar-refractivity contribution in [3.63, 3.8) is 0 Å². The number of morpholine rings is 1. The number of thiazole rings is 1. The molecule has 4 heteroatoms. The predicted molar refractivity (Wildman–Crippen MR) is 75.3 cm³/mol. The molecular weight excluding hydrogens is 244 g/mol. The highest BCUT2D eigenvalue weighted by Gasteiger charge is 2.17. The van der Waals surface area contributed by atoms with Crippen LogP contribution < -0.4 is 5.32 Å². The van der Waals surface area contributed by atoms with E-state index in [0.717, 1.165) is 25.2 Å². The highest BCUT2D eigenvalue weighted by Crippen LogP contribution is 2.30. The molecule has 3 rings (SSSR count). The summed E-state index contributed by atoms with van der Waals surface area (Å²) < 4.78 is 7.06. The maximum absolute atomic E-state index is 5.79. The van der Waals surface area contributed by atoms with Crippen molar-refractivity contribution in [3.8, 4) is 0 Å². The van der Waals surface area contributed by atoms with Crippen LogP contribution in [0.25, 0.3) is 10.2 Å². The monoisotopic (exact) mass is 262 g/mol. The molecule has 0 aliphatic carbocycles. The van der Waals surface area contributed by atoms with Crippen molar-refractivity contribution in [2.75, 3.05) is 19.7 Å². The zero-order chi connectivity index (χ0) is 12.5. The molecule has 0 saturated carbocycles. The molecule has 3 nitrogen and oxygen atoms in total. The van der Waals surface area contributed by atoms with Crippen LogP contribution in [0.2, 0.25) is 0 Å². The fourth-order valence-corrected chi connectivity index (χ4v) is 3.20. The van der Waals surface area contributed by atoms with Gasteiger partial charge >= 0.3 is 0 Å². The lowest BCUT2D eigenvalue weighted by Crippen LogP contribution is -2.33. The normalized spacial score (nSPS) is 20.7. The van der Waals surface area contributed by atoms with Crippen LogP contribution in [0, 0.1) is 0 Å². The van der Waals surface area contributed by atoms with Gasteiger partial charge in [-0.2, -0.15) is 0 Å². The second kappa shape index (κ2) is 4.96. The van der Waals surface area contributed by atoms with Crippen molar-refractivity contribution in [2.24, 2.45) is 0 Å². The third kappa shape index (κ3) is 2.28. The fraction of sp³-hybridized carbons (Fsp3) is 0.500. The van der Waals surface area contributed by atoms with E-state index >= 15 is 0 Å². The SMILES string of the molecule is CC(C)c1nc2ccc(C3CNCCO3)cc2s1. The third-order valence-corrected chi connectivity index (χ3v) is 4.54. The zero-order valence-electron chi connectivity index (χ0n) is 10.8.